The predicted molar refractivity (Wildman–Crippen MR) is 90.3 cm³/mol. The average Bonchev–Trinajstić information content (AvgIpc) is 2.55. The number of methoxy groups -OCH3 is 1. The van der Waals surface area contributed by atoms with Crippen molar-refractivity contribution in [3.05, 3.63) is 59.2 Å². The minimum absolute atomic E-state index is 0.345. The number of aryl methyl sites for hydroxylation is 1. The van der Waals surface area contributed by atoms with Crippen molar-refractivity contribution in [2.75, 3.05) is 12.4 Å². The molecule has 0 fully saturated rings. The summed E-state index contributed by atoms with van der Waals surface area (Å²) < 4.78 is 10.5. The van der Waals surface area contributed by atoms with Gasteiger partial charge in [0.15, 0.2) is 5.60 Å². The third-order valence-electron chi connectivity index (χ3n) is 4.15. The van der Waals surface area contributed by atoms with Crippen molar-refractivity contribution in [1.29, 1.82) is 0 Å². The summed E-state index contributed by atoms with van der Waals surface area (Å²) in [6, 6.07) is 12.5. The molecule has 1 atom stereocenters. The van der Waals surface area contributed by atoms with Crippen LogP contribution in [0.15, 0.2) is 42.5 Å². The van der Waals surface area contributed by atoms with Gasteiger partial charge in [-0.1, -0.05) is 17.7 Å². The SMILES string of the molecule is COc1ccc(NC(=O)C2(C)Cc3cc(C)ccc3C(=O)O2)cc1. The van der Waals surface area contributed by atoms with Crippen LogP contribution in [-0.4, -0.2) is 24.6 Å². The minimum atomic E-state index is -1.24. The lowest BCUT2D eigenvalue weighted by Crippen LogP contribution is -2.48. The Hall–Kier alpha value is -2.82. The Bertz CT molecular complexity index is 798. The van der Waals surface area contributed by atoms with E-state index in [2.05, 4.69) is 5.32 Å². The van der Waals surface area contributed by atoms with Gasteiger partial charge in [0.25, 0.3) is 5.91 Å². The molecule has 5 nitrogen and oxygen atoms in total. The Kier molecular flexibility index (Phi) is 4.01. The number of hydrogen-bond acceptors (Lipinski definition) is 4. The molecule has 1 amide bonds. The fourth-order valence-corrected chi connectivity index (χ4v) is 2.79. The molecule has 0 bridgehead atoms. The molecule has 3 rings (SSSR count). The van der Waals surface area contributed by atoms with Crippen molar-refractivity contribution in [2.24, 2.45) is 0 Å². The molecular formula is C19H19NO4. The fraction of sp³-hybridized carbons (Fsp3) is 0.263. The van der Waals surface area contributed by atoms with Crippen molar-refractivity contribution < 1.29 is 19.1 Å². The number of nitrogens with one attached hydrogen (secondary N) is 1. The Morgan fingerprint density at radius 1 is 1.21 bits per heavy atom. The van der Waals surface area contributed by atoms with Gasteiger partial charge in [-0.05, 0) is 49.7 Å². The quantitative estimate of drug-likeness (QED) is 0.881. The first kappa shape index (κ1) is 16.1. The molecule has 0 radical (unpaired) electrons. The van der Waals surface area contributed by atoms with Gasteiger partial charge in [0.05, 0.1) is 12.7 Å². The van der Waals surface area contributed by atoms with Crippen LogP contribution < -0.4 is 10.1 Å². The van der Waals surface area contributed by atoms with Crippen molar-refractivity contribution >= 4 is 17.6 Å². The van der Waals surface area contributed by atoms with Crippen molar-refractivity contribution in [3.63, 3.8) is 0 Å². The number of hydrogen-bond donors (Lipinski definition) is 1. The standard InChI is InChI=1S/C19H19NO4/c1-12-4-9-16-13(10-12)11-19(2,24-17(16)21)18(22)20-14-5-7-15(23-3)8-6-14/h4-10H,11H2,1-3H3,(H,20,22). The molecule has 0 saturated heterocycles. The summed E-state index contributed by atoms with van der Waals surface area (Å²) in [4.78, 5) is 24.9. The van der Waals surface area contributed by atoms with E-state index in [0.29, 0.717) is 23.4 Å². The van der Waals surface area contributed by atoms with Crippen LogP contribution in [0, 0.1) is 6.92 Å². The molecule has 0 aliphatic carbocycles. The molecule has 2 aromatic rings. The van der Waals surface area contributed by atoms with Gasteiger partial charge in [0, 0.05) is 12.1 Å². The van der Waals surface area contributed by atoms with Gasteiger partial charge in [-0.3, -0.25) is 4.79 Å². The second-order valence-corrected chi connectivity index (χ2v) is 6.14. The molecule has 1 unspecified atom stereocenters. The third kappa shape index (κ3) is 2.97. The van der Waals surface area contributed by atoms with E-state index in [9.17, 15) is 9.59 Å². The molecular weight excluding hydrogens is 306 g/mol. The summed E-state index contributed by atoms with van der Waals surface area (Å²) in [6.45, 7) is 3.59. The third-order valence-corrected chi connectivity index (χ3v) is 4.15. The van der Waals surface area contributed by atoms with Gasteiger partial charge in [-0.2, -0.15) is 0 Å². The second-order valence-electron chi connectivity index (χ2n) is 6.14. The van der Waals surface area contributed by atoms with E-state index in [4.69, 9.17) is 9.47 Å². The highest BCUT2D eigenvalue weighted by Gasteiger charge is 2.42. The molecule has 0 aromatic heterocycles. The molecule has 1 aliphatic rings. The van der Waals surface area contributed by atoms with Crippen LogP contribution in [0.1, 0.15) is 28.4 Å². The van der Waals surface area contributed by atoms with Gasteiger partial charge >= 0.3 is 5.97 Å². The molecule has 24 heavy (non-hydrogen) atoms. The number of esters is 1. The molecule has 5 heteroatoms. The first-order valence-electron chi connectivity index (χ1n) is 7.70. The van der Waals surface area contributed by atoms with Gasteiger partial charge in [0.1, 0.15) is 5.75 Å². The summed E-state index contributed by atoms with van der Waals surface area (Å²) >= 11 is 0. The summed E-state index contributed by atoms with van der Waals surface area (Å²) in [5.41, 5.74) is 1.78. The number of carbonyl (C=O) groups excluding carboxylic acids is 2. The number of anilines is 1. The average molecular weight is 325 g/mol. The smallest absolute Gasteiger partial charge is 0.339 e. The first-order valence-corrected chi connectivity index (χ1v) is 7.70. The molecule has 124 valence electrons. The van der Waals surface area contributed by atoms with E-state index >= 15 is 0 Å². The molecule has 1 N–H and O–H groups in total. The Labute approximate surface area is 140 Å². The van der Waals surface area contributed by atoms with E-state index < -0.39 is 11.6 Å². The fourth-order valence-electron chi connectivity index (χ4n) is 2.79. The maximum atomic E-state index is 12.7. The van der Waals surface area contributed by atoms with E-state index in [0.717, 1.165) is 11.1 Å². The summed E-state index contributed by atoms with van der Waals surface area (Å²) in [5, 5.41) is 2.80. The Balaban J connectivity index is 1.82. The van der Waals surface area contributed by atoms with Crippen LogP contribution in [0.25, 0.3) is 0 Å². The van der Waals surface area contributed by atoms with Crippen LogP contribution in [0.4, 0.5) is 5.69 Å². The minimum Gasteiger partial charge on any atom is -0.497 e. The van der Waals surface area contributed by atoms with E-state index in [1.165, 1.54) is 0 Å². The number of benzene rings is 2. The topological polar surface area (TPSA) is 64.6 Å². The predicted octanol–water partition coefficient (Wildman–Crippen LogP) is 3.11. The number of carbonyl (C=O) groups is 2. The largest absolute Gasteiger partial charge is 0.497 e. The highest BCUT2D eigenvalue weighted by Crippen LogP contribution is 2.30. The number of amides is 1. The van der Waals surface area contributed by atoms with Crippen LogP contribution in [-0.2, 0) is 16.0 Å². The highest BCUT2D eigenvalue weighted by molar-refractivity contribution is 6.02. The lowest BCUT2D eigenvalue weighted by atomic mass is 9.88. The van der Waals surface area contributed by atoms with Crippen molar-refractivity contribution in [3.8, 4) is 5.75 Å². The van der Waals surface area contributed by atoms with Crippen molar-refractivity contribution in [1.82, 2.24) is 0 Å². The first-order chi connectivity index (χ1) is 11.4. The van der Waals surface area contributed by atoms with Crippen LogP contribution in [0.2, 0.25) is 0 Å². The van der Waals surface area contributed by atoms with Crippen molar-refractivity contribution in [2.45, 2.75) is 25.9 Å². The van der Waals surface area contributed by atoms with Gasteiger partial charge in [0.2, 0.25) is 0 Å². The zero-order chi connectivity index (χ0) is 17.3. The maximum absolute atomic E-state index is 12.7. The van der Waals surface area contributed by atoms with Crippen LogP contribution in [0.5, 0.6) is 5.75 Å². The normalized spacial score (nSPS) is 19.2. The molecule has 0 saturated carbocycles. The van der Waals surface area contributed by atoms with E-state index in [-0.39, 0.29) is 5.91 Å². The summed E-state index contributed by atoms with van der Waals surface area (Å²) in [6.07, 6.45) is 0.345. The molecule has 1 heterocycles. The molecule has 1 aliphatic heterocycles. The number of cyclic esters (lactones) is 1. The van der Waals surface area contributed by atoms with E-state index in [1.54, 1.807) is 44.4 Å². The van der Waals surface area contributed by atoms with Gasteiger partial charge < -0.3 is 14.8 Å². The second kappa shape index (κ2) is 6.00. The zero-order valence-corrected chi connectivity index (χ0v) is 13.9. The maximum Gasteiger partial charge on any atom is 0.339 e. The monoisotopic (exact) mass is 325 g/mol. The lowest BCUT2D eigenvalue weighted by Gasteiger charge is -2.33. The summed E-state index contributed by atoms with van der Waals surface area (Å²) in [7, 11) is 1.58. The van der Waals surface area contributed by atoms with Gasteiger partial charge in [-0.15, -0.1) is 0 Å². The molecule has 0 spiro atoms. The lowest BCUT2D eigenvalue weighted by molar-refractivity contribution is -0.134. The number of rotatable bonds is 3. The Morgan fingerprint density at radius 3 is 2.58 bits per heavy atom. The van der Waals surface area contributed by atoms with E-state index in [1.807, 2.05) is 19.1 Å². The summed E-state index contributed by atoms with van der Waals surface area (Å²) in [5.74, 6) is -0.121. The molecule has 2 aromatic carbocycles. The highest BCUT2D eigenvalue weighted by atomic mass is 16.6. The van der Waals surface area contributed by atoms with Gasteiger partial charge in [-0.25, -0.2) is 4.79 Å². The van der Waals surface area contributed by atoms with Crippen LogP contribution >= 0.6 is 0 Å². The zero-order valence-electron chi connectivity index (χ0n) is 13.9. The Morgan fingerprint density at radius 2 is 1.92 bits per heavy atom. The number of ether oxygens (including phenoxy) is 2. The number of fused-ring (bicyclic) bond motifs is 1. The van der Waals surface area contributed by atoms with Crippen LogP contribution in [0.3, 0.4) is 0 Å².